The number of rotatable bonds is 5. The number of nitro groups is 1. The van der Waals surface area contributed by atoms with Crippen molar-refractivity contribution < 1.29 is 32.4 Å². The summed E-state index contributed by atoms with van der Waals surface area (Å²) in [5, 5.41) is 13.4. The number of benzene rings is 2. The molecule has 2 aromatic carbocycles. The van der Waals surface area contributed by atoms with Gasteiger partial charge >= 0.3 is 6.18 Å². The van der Waals surface area contributed by atoms with Crippen LogP contribution in [0.2, 0.25) is 0 Å². The van der Waals surface area contributed by atoms with Crippen LogP contribution in [0.25, 0.3) is 0 Å². The molecule has 0 spiro atoms. The first-order valence-electron chi connectivity index (χ1n) is 7.06. The van der Waals surface area contributed by atoms with E-state index in [0.29, 0.717) is 0 Å². The number of halogens is 3. The lowest BCUT2D eigenvalue weighted by Gasteiger charge is -2.12. The summed E-state index contributed by atoms with van der Waals surface area (Å²) in [6, 6.07) is 6.00. The highest BCUT2D eigenvalue weighted by atomic mass is 19.4. The minimum Gasteiger partial charge on any atom is -0.493 e. The van der Waals surface area contributed by atoms with Gasteiger partial charge in [0.15, 0.2) is 11.5 Å². The molecule has 10 heteroatoms. The first-order chi connectivity index (χ1) is 12.2. The molecule has 0 unspecified atom stereocenters. The van der Waals surface area contributed by atoms with Crippen molar-refractivity contribution in [3.63, 3.8) is 0 Å². The van der Waals surface area contributed by atoms with Gasteiger partial charge in [-0.3, -0.25) is 14.9 Å². The fourth-order valence-electron chi connectivity index (χ4n) is 2.17. The van der Waals surface area contributed by atoms with Gasteiger partial charge in [-0.15, -0.1) is 0 Å². The fourth-order valence-corrected chi connectivity index (χ4v) is 2.17. The van der Waals surface area contributed by atoms with Crippen LogP contribution in [0.15, 0.2) is 36.4 Å². The van der Waals surface area contributed by atoms with Crippen molar-refractivity contribution in [3.8, 4) is 11.5 Å². The first kappa shape index (κ1) is 19.0. The molecule has 2 rings (SSSR count). The Morgan fingerprint density at radius 1 is 1.12 bits per heavy atom. The van der Waals surface area contributed by atoms with Gasteiger partial charge in [-0.1, -0.05) is 6.07 Å². The number of alkyl halides is 3. The van der Waals surface area contributed by atoms with E-state index in [0.717, 1.165) is 30.3 Å². The lowest BCUT2D eigenvalue weighted by Crippen LogP contribution is -2.15. The Morgan fingerprint density at radius 2 is 1.73 bits per heavy atom. The number of nitrogens with one attached hydrogen (secondary N) is 1. The number of carbonyl (C=O) groups excluding carboxylic acids is 1. The van der Waals surface area contributed by atoms with Crippen molar-refractivity contribution in [1.29, 1.82) is 0 Å². The Kier molecular flexibility index (Phi) is 5.34. The molecule has 138 valence electrons. The third kappa shape index (κ3) is 4.02. The van der Waals surface area contributed by atoms with Gasteiger partial charge in [0.05, 0.1) is 30.8 Å². The Balaban J connectivity index is 2.42. The molecule has 7 nitrogen and oxygen atoms in total. The van der Waals surface area contributed by atoms with Crippen LogP contribution in [0.3, 0.4) is 0 Å². The minimum atomic E-state index is -4.59. The second kappa shape index (κ2) is 7.30. The van der Waals surface area contributed by atoms with Crippen LogP contribution >= 0.6 is 0 Å². The molecule has 0 aliphatic carbocycles. The maximum atomic E-state index is 12.7. The highest BCUT2D eigenvalue weighted by Crippen LogP contribution is 2.35. The quantitative estimate of drug-likeness (QED) is 0.637. The molecule has 0 aromatic heterocycles. The van der Waals surface area contributed by atoms with Crippen molar-refractivity contribution in [2.75, 3.05) is 19.5 Å². The molecule has 0 heterocycles. The van der Waals surface area contributed by atoms with Crippen molar-refractivity contribution >= 4 is 17.3 Å². The third-order valence-corrected chi connectivity index (χ3v) is 3.39. The van der Waals surface area contributed by atoms with Gasteiger partial charge in [-0.2, -0.15) is 13.2 Å². The van der Waals surface area contributed by atoms with Crippen molar-refractivity contribution in [3.05, 3.63) is 57.6 Å². The number of hydrogen-bond acceptors (Lipinski definition) is 5. The number of nitrogens with zero attached hydrogens (tertiary/aromatic N) is 1. The standard InChI is InChI=1S/C16H13F3N2O5/c1-25-13-7-11(12(21(23)24)8-14(13)26-2)15(22)20-10-5-3-4-9(6-10)16(17,18)19/h3-8H,1-2H3,(H,20,22). The van der Waals surface area contributed by atoms with E-state index in [1.807, 2.05) is 0 Å². The van der Waals surface area contributed by atoms with E-state index in [9.17, 15) is 28.1 Å². The largest absolute Gasteiger partial charge is 0.493 e. The maximum Gasteiger partial charge on any atom is 0.416 e. The third-order valence-electron chi connectivity index (χ3n) is 3.39. The van der Waals surface area contributed by atoms with Crippen molar-refractivity contribution in [2.45, 2.75) is 6.18 Å². The SMILES string of the molecule is COc1cc(C(=O)Nc2cccc(C(F)(F)F)c2)c([N+](=O)[O-])cc1OC. The smallest absolute Gasteiger partial charge is 0.416 e. The molecule has 0 aliphatic rings. The Bertz CT molecular complexity index is 852. The predicted molar refractivity (Wildman–Crippen MR) is 85.6 cm³/mol. The highest BCUT2D eigenvalue weighted by Gasteiger charge is 2.31. The highest BCUT2D eigenvalue weighted by molar-refractivity contribution is 6.07. The van der Waals surface area contributed by atoms with E-state index in [4.69, 9.17) is 9.47 Å². The molecule has 26 heavy (non-hydrogen) atoms. The van der Waals surface area contributed by atoms with Gasteiger partial charge in [0.25, 0.3) is 11.6 Å². The number of carbonyl (C=O) groups is 1. The van der Waals surface area contributed by atoms with Gasteiger partial charge in [0.1, 0.15) is 5.56 Å². The molecule has 0 atom stereocenters. The Hall–Kier alpha value is -3.30. The molecule has 1 amide bonds. The second-order valence-corrected chi connectivity index (χ2v) is 5.01. The summed E-state index contributed by atoms with van der Waals surface area (Å²) >= 11 is 0. The van der Waals surface area contributed by atoms with E-state index < -0.39 is 28.3 Å². The average Bonchev–Trinajstić information content (AvgIpc) is 2.59. The van der Waals surface area contributed by atoms with Gasteiger partial charge in [-0.25, -0.2) is 0 Å². The molecular weight excluding hydrogens is 357 g/mol. The number of nitro benzene ring substituents is 1. The number of hydrogen-bond donors (Lipinski definition) is 1. The molecule has 0 saturated heterocycles. The Morgan fingerprint density at radius 3 is 2.27 bits per heavy atom. The zero-order valence-electron chi connectivity index (χ0n) is 13.6. The van der Waals surface area contributed by atoms with E-state index in [-0.39, 0.29) is 22.7 Å². The molecule has 0 radical (unpaired) electrons. The van der Waals surface area contributed by atoms with E-state index in [1.165, 1.54) is 20.3 Å². The van der Waals surface area contributed by atoms with Gasteiger partial charge < -0.3 is 14.8 Å². The van der Waals surface area contributed by atoms with Crippen LogP contribution in [-0.2, 0) is 6.18 Å². The summed E-state index contributed by atoms with van der Waals surface area (Å²) in [6.07, 6.45) is -4.59. The molecule has 2 aromatic rings. The summed E-state index contributed by atoms with van der Waals surface area (Å²) in [4.78, 5) is 22.8. The molecule has 1 N–H and O–H groups in total. The summed E-state index contributed by atoms with van der Waals surface area (Å²) in [6.45, 7) is 0. The number of amides is 1. The summed E-state index contributed by atoms with van der Waals surface area (Å²) in [7, 11) is 2.54. The number of anilines is 1. The van der Waals surface area contributed by atoms with Crippen LogP contribution in [-0.4, -0.2) is 25.1 Å². The molecule has 0 fully saturated rings. The zero-order chi connectivity index (χ0) is 19.5. The van der Waals surface area contributed by atoms with Crippen LogP contribution in [0.5, 0.6) is 11.5 Å². The molecular formula is C16H13F3N2O5. The van der Waals surface area contributed by atoms with E-state index >= 15 is 0 Å². The molecule has 0 saturated carbocycles. The van der Waals surface area contributed by atoms with Crippen molar-refractivity contribution in [1.82, 2.24) is 0 Å². The number of methoxy groups -OCH3 is 2. The summed E-state index contributed by atoms with van der Waals surface area (Å²) < 4.78 is 48.2. The normalized spacial score (nSPS) is 11.0. The lowest BCUT2D eigenvalue weighted by atomic mass is 10.1. The van der Waals surface area contributed by atoms with Crippen LogP contribution in [0, 0.1) is 10.1 Å². The van der Waals surface area contributed by atoms with Crippen LogP contribution < -0.4 is 14.8 Å². The van der Waals surface area contributed by atoms with Crippen molar-refractivity contribution in [2.24, 2.45) is 0 Å². The second-order valence-electron chi connectivity index (χ2n) is 5.01. The fraction of sp³-hybridized carbons (Fsp3) is 0.188. The molecule has 0 bridgehead atoms. The number of ether oxygens (including phenoxy) is 2. The first-order valence-corrected chi connectivity index (χ1v) is 7.06. The minimum absolute atomic E-state index is 0.0369. The van der Waals surface area contributed by atoms with Gasteiger partial charge in [0.2, 0.25) is 0 Å². The van der Waals surface area contributed by atoms with Crippen LogP contribution in [0.1, 0.15) is 15.9 Å². The van der Waals surface area contributed by atoms with Gasteiger partial charge in [0, 0.05) is 11.8 Å². The lowest BCUT2D eigenvalue weighted by molar-refractivity contribution is -0.385. The predicted octanol–water partition coefficient (Wildman–Crippen LogP) is 3.88. The monoisotopic (exact) mass is 370 g/mol. The van der Waals surface area contributed by atoms with Gasteiger partial charge in [-0.05, 0) is 18.2 Å². The van der Waals surface area contributed by atoms with Crippen LogP contribution in [0.4, 0.5) is 24.5 Å². The summed E-state index contributed by atoms with van der Waals surface area (Å²) in [5.41, 5.74) is -2.08. The van der Waals surface area contributed by atoms with E-state index in [1.54, 1.807) is 0 Å². The maximum absolute atomic E-state index is 12.7. The summed E-state index contributed by atoms with van der Waals surface area (Å²) in [5.74, 6) is -0.862. The topological polar surface area (TPSA) is 90.7 Å². The van der Waals surface area contributed by atoms with E-state index in [2.05, 4.69) is 5.32 Å². The zero-order valence-corrected chi connectivity index (χ0v) is 13.6. The molecule has 0 aliphatic heterocycles. The Labute approximate surface area is 145 Å². The average molecular weight is 370 g/mol.